The van der Waals surface area contributed by atoms with Gasteiger partial charge in [-0.15, -0.1) is 0 Å². The third-order valence-corrected chi connectivity index (χ3v) is 1.11. The fourth-order valence-corrected chi connectivity index (χ4v) is 0.306. The van der Waals surface area contributed by atoms with E-state index in [1.165, 1.54) is 11.4 Å². The first-order valence-corrected chi connectivity index (χ1v) is 2.88. The molecule has 0 saturated carbocycles. The van der Waals surface area contributed by atoms with Crippen molar-refractivity contribution in [3.05, 3.63) is 0 Å². The van der Waals surface area contributed by atoms with Gasteiger partial charge in [0.2, 0.25) is 11.4 Å². The van der Waals surface area contributed by atoms with Crippen molar-refractivity contribution in [1.82, 2.24) is 5.32 Å². The highest BCUT2D eigenvalue weighted by atomic mass is 32.1. The molecule has 0 bridgehead atoms. The summed E-state index contributed by atoms with van der Waals surface area (Å²) in [6.45, 7) is 0. The molecule has 0 rings (SSSR count). The number of hydrogen-bond acceptors (Lipinski definition) is 0. The third kappa shape index (κ3) is 2.26. The Kier molecular flexibility index (Phi) is 3.21. The Hall–Kier alpha value is 0.01000. The second-order valence-electron chi connectivity index (χ2n) is 0.818. The minimum atomic E-state index is 0.759. The predicted molar refractivity (Wildman–Crippen MR) is 31.5 cm³/mol. The van der Waals surface area contributed by atoms with Crippen LogP contribution in [-0.2, 0) is 11.4 Å². The van der Waals surface area contributed by atoms with Gasteiger partial charge in [-0.05, 0) is 7.05 Å². The van der Waals surface area contributed by atoms with Crippen LogP contribution in [0.2, 0.25) is 0 Å². The predicted octanol–water partition coefficient (Wildman–Crippen LogP) is -1.04. The molecule has 6 heavy (non-hydrogen) atoms. The first-order valence-electron chi connectivity index (χ1n) is 1.65. The van der Waals surface area contributed by atoms with Crippen molar-refractivity contribution >= 4 is 16.5 Å². The van der Waals surface area contributed by atoms with Crippen LogP contribution in [0.1, 0.15) is 0 Å². The molecule has 36 valence electrons. The molecular weight excluding hydrogens is 96.1 g/mol. The van der Waals surface area contributed by atoms with E-state index < -0.39 is 0 Å². The van der Waals surface area contributed by atoms with Gasteiger partial charge < -0.3 is 0 Å². The van der Waals surface area contributed by atoms with Crippen LogP contribution in [0.15, 0.2) is 0 Å². The topological polar surface area (TPSA) is 38.0 Å². The van der Waals surface area contributed by atoms with Gasteiger partial charge in [0.1, 0.15) is 0 Å². The molecule has 0 aromatic heterocycles. The van der Waals surface area contributed by atoms with Gasteiger partial charge in [-0.3, -0.25) is 0 Å². The molecule has 0 aliphatic heterocycles. The van der Waals surface area contributed by atoms with Gasteiger partial charge in [-0.25, -0.2) is 11.1 Å². The summed E-state index contributed by atoms with van der Waals surface area (Å²) in [5, 5.41) is 3.53. The lowest BCUT2D eigenvalue weighted by Gasteiger charge is -1.75. The molecule has 0 fully saturated rings. The molecule has 0 aliphatic rings. The lowest BCUT2D eigenvalue weighted by atomic mass is 11.1. The first-order chi connectivity index (χ1) is 2.81. The number of nitrogens with two attached hydrogens (primary N) is 1. The van der Waals surface area contributed by atoms with E-state index in [1.54, 1.807) is 7.05 Å². The molecule has 2 nitrogen and oxygen atoms in total. The van der Waals surface area contributed by atoms with Gasteiger partial charge in [-0.2, -0.15) is 0 Å². The Bertz CT molecular complexity index is 59.8. The Morgan fingerprint density at radius 3 is 2.33 bits per heavy atom. The summed E-state index contributed by atoms with van der Waals surface area (Å²) in [6.07, 6.45) is 1.92. The Balaban J connectivity index is 3.22. The highest BCUT2D eigenvalue weighted by Gasteiger charge is 1.88. The normalized spacial score (nSPS) is 12.2. The number of nitrogens with one attached hydrogen (secondary N) is 1. The van der Waals surface area contributed by atoms with E-state index in [2.05, 4.69) is 5.32 Å². The Morgan fingerprint density at radius 1 is 1.83 bits per heavy atom. The maximum absolute atomic E-state index is 5.24. The molecule has 0 saturated heterocycles. The van der Waals surface area contributed by atoms with Gasteiger partial charge in [0.15, 0.2) is 6.26 Å². The molecule has 3 N–H and O–H groups in total. The maximum Gasteiger partial charge on any atom is 0.316 e. The average molecular weight is 105 g/mol. The van der Waals surface area contributed by atoms with Gasteiger partial charge >= 0.3 is 5.11 Å². The van der Waals surface area contributed by atoms with Gasteiger partial charge in [0.05, 0.1) is 0 Å². The van der Waals surface area contributed by atoms with E-state index >= 15 is 0 Å². The molecule has 0 aromatic carbocycles. The zero-order valence-corrected chi connectivity index (χ0v) is 4.80. The summed E-state index contributed by atoms with van der Waals surface area (Å²) in [7, 11) is 1.80. The summed E-state index contributed by atoms with van der Waals surface area (Å²) in [5.74, 6) is 0. The van der Waals surface area contributed by atoms with Gasteiger partial charge in [0.25, 0.3) is 0 Å². The van der Waals surface area contributed by atoms with E-state index in [-0.39, 0.29) is 0 Å². The monoisotopic (exact) mass is 105 g/mol. The molecular formula is C3H9N2S+. The van der Waals surface area contributed by atoms with Crippen LogP contribution in [0.4, 0.5) is 0 Å². The quantitative estimate of drug-likeness (QED) is 0.305. The molecule has 0 aromatic rings. The molecule has 0 spiro atoms. The zero-order valence-electron chi connectivity index (χ0n) is 3.99. The van der Waals surface area contributed by atoms with Crippen LogP contribution in [0, 0.1) is 0 Å². The Labute approximate surface area is 41.7 Å². The van der Waals surface area contributed by atoms with Crippen molar-refractivity contribution in [2.45, 2.75) is 0 Å². The lowest BCUT2D eigenvalue weighted by molar-refractivity contribution is 1.18. The van der Waals surface area contributed by atoms with Crippen molar-refractivity contribution in [3.63, 3.8) is 0 Å². The van der Waals surface area contributed by atoms with Crippen LogP contribution < -0.4 is 11.1 Å². The van der Waals surface area contributed by atoms with Gasteiger partial charge in [0, 0.05) is 0 Å². The summed E-state index contributed by atoms with van der Waals surface area (Å²) >= 11 is 1.51. The smallest absolute Gasteiger partial charge is 0.243 e. The van der Waals surface area contributed by atoms with Crippen LogP contribution in [-0.4, -0.2) is 18.4 Å². The van der Waals surface area contributed by atoms with Crippen molar-refractivity contribution < 1.29 is 0 Å². The maximum atomic E-state index is 5.24. The minimum Gasteiger partial charge on any atom is -0.243 e. The fraction of sp³-hybridized carbons (Fsp3) is 0.667. The second-order valence-corrected chi connectivity index (χ2v) is 1.67. The SMILES string of the molecule is CN/C(N)=[S+]/C. The molecule has 3 heteroatoms. The summed E-state index contributed by atoms with van der Waals surface area (Å²) in [6, 6.07) is 0. The average Bonchev–Trinajstić information content (AvgIpc) is 1.65. The molecule has 0 amide bonds. The first kappa shape index (κ1) is 6.01. The molecule has 0 atom stereocenters. The Morgan fingerprint density at radius 2 is 2.33 bits per heavy atom. The van der Waals surface area contributed by atoms with Crippen molar-refractivity contribution in [3.8, 4) is 0 Å². The van der Waals surface area contributed by atoms with E-state index in [1.807, 2.05) is 6.26 Å². The summed E-state index contributed by atoms with van der Waals surface area (Å²) in [5.41, 5.74) is 5.24. The standard InChI is InChI=1S/C3H9N2S/c1-5-3(4)6-2/h5H,4H2,1-2H3/q+1. The van der Waals surface area contributed by atoms with Crippen molar-refractivity contribution in [1.29, 1.82) is 0 Å². The molecule has 0 heterocycles. The molecule has 0 unspecified atom stereocenters. The van der Waals surface area contributed by atoms with Gasteiger partial charge in [-0.1, -0.05) is 0 Å². The summed E-state index contributed by atoms with van der Waals surface area (Å²) < 4.78 is 0. The van der Waals surface area contributed by atoms with Crippen LogP contribution in [0.5, 0.6) is 0 Å². The van der Waals surface area contributed by atoms with Crippen LogP contribution in [0.25, 0.3) is 0 Å². The second kappa shape index (κ2) is 3.21. The largest absolute Gasteiger partial charge is 0.316 e. The zero-order chi connectivity index (χ0) is 4.99. The number of hydrogen-bond donors (Lipinski definition) is 2. The molecule has 0 radical (unpaired) electrons. The highest BCUT2D eigenvalue weighted by Crippen LogP contribution is 1.42. The summed E-state index contributed by atoms with van der Waals surface area (Å²) in [4.78, 5) is 0. The van der Waals surface area contributed by atoms with Crippen molar-refractivity contribution in [2.24, 2.45) is 5.73 Å². The van der Waals surface area contributed by atoms with E-state index in [9.17, 15) is 0 Å². The van der Waals surface area contributed by atoms with E-state index in [4.69, 9.17) is 5.73 Å². The van der Waals surface area contributed by atoms with Crippen molar-refractivity contribution in [2.75, 3.05) is 13.3 Å². The van der Waals surface area contributed by atoms with Crippen LogP contribution in [0.3, 0.4) is 0 Å². The van der Waals surface area contributed by atoms with Crippen LogP contribution >= 0.6 is 0 Å². The lowest BCUT2D eigenvalue weighted by Crippen LogP contribution is -2.27. The van der Waals surface area contributed by atoms with E-state index in [0.717, 1.165) is 5.11 Å². The third-order valence-electron chi connectivity index (χ3n) is 0.466. The van der Waals surface area contributed by atoms with E-state index in [0.29, 0.717) is 0 Å². The molecule has 0 aliphatic carbocycles. The number of rotatable bonds is 0. The fourth-order valence-electron chi connectivity index (χ4n) is 0.102. The highest BCUT2D eigenvalue weighted by molar-refractivity contribution is 7.77. The minimum absolute atomic E-state index is 0.759.